The fourth-order valence-corrected chi connectivity index (χ4v) is 2.30. The fraction of sp³-hybridized carbons (Fsp3) is 0.125. The summed E-state index contributed by atoms with van der Waals surface area (Å²) in [5, 5.41) is 5.78. The van der Waals surface area contributed by atoms with Crippen LogP contribution >= 0.6 is 34.8 Å². The summed E-state index contributed by atoms with van der Waals surface area (Å²) in [7, 11) is 0. The second-order valence-electron chi connectivity index (χ2n) is 4.61. The van der Waals surface area contributed by atoms with Crippen LogP contribution in [-0.2, 0) is 4.79 Å². The minimum absolute atomic E-state index is 0.0854. The molecule has 0 aliphatic heterocycles. The Hall–Kier alpha value is -1.67. The van der Waals surface area contributed by atoms with E-state index in [1.54, 1.807) is 0 Å². The number of carbonyl (C=O) groups is 1. The van der Waals surface area contributed by atoms with Gasteiger partial charge >= 0.3 is 0 Å². The van der Waals surface area contributed by atoms with Crippen LogP contribution in [0.15, 0.2) is 48.5 Å². The van der Waals surface area contributed by atoms with Crippen molar-refractivity contribution in [3.05, 3.63) is 57.7 Å². The van der Waals surface area contributed by atoms with E-state index in [1.165, 1.54) is 0 Å². The van der Waals surface area contributed by atoms with Crippen molar-refractivity contribution in [3.8, 4) is 5.75 Å². The Bertz CT molecular complexity index is 674. The lowest BCUT2D eigenvalue weighted by molar-refractivity contribution is -0.121. The number of rotatable bonds is 4. The van der Waals surface area contributed by atoms with Crippen LogP contribution in [0.4, 0.5) is 5.69 Å². The maximum Gasteiger partial charge on any atom is 0.264 e. The average molecular weight is 426 g/mol. The molecule has 22 heavy (non-hydrogen) atoms. The number of ether oxygens (including phenoxy) is 1. The zero-order chi connectivity index (χ0) is 15.9. The van der Waals surface area contributed by atoms with Crippen molar-refractivity contribution in [1.82, 2.24) is 5.32 Å². The molecule has 0 spiro atoms. The molecule has 0 saturated heterocycles. The van der Waals surface area contributed by atoms with E-state index in [9.17, 15) is 4.79 Å². The molecule has 0 unspecified atom stereocenters. The summed E-state index contributed by atoms with van der Waals surface area (Å²) in [5.74, 6) is 0.358. The van der Waals surface area contributed by atoms with Gasteiger partial charge in [0.2, 0.25) is 0 Å². The quantitative estimate of drug-likeness (QED) is 0.581. The van der Waals surface area contributed by atoms with Crippen molar-refractivity contribution in [2.24, 2.45) is 0 Å². The molecule has 1 amide bonds. The topological polar surface area (TPSA) is 50.4 Å². The normalized spacial score (nSPS) is 9.91. The van der Waals surface area contributed by atoms with Crippen molar-refractivity contribution in [1.29, 1.82) is 0 Å². The van der Waals surface area contributed by atoms with Gasteiger partial charge < -0.3 is 10.1 Å². The smallest absolute Gasteiger partial charge is 0.264 e. The SMILES string of the molecule is Cc1cccc(OCC(=O)NC(=S)Nc2ccc(I)cc2)c1. The number of hydrogen-bond donors (Lipinski definition) is 2. The Morgan fingerprint density at radius 3 is 2.64 bits per heavy atom. The first kappa shape index (κ1) is 16.7. The average Bonchev–Trinajstić information content (AvgIpc) is 2.47. The highest BCUT2D eigenvalue weighted by atomic mass is 127. The number of thiocarbonyl (C=S) groups is 1. The molecule has 2 N–H and O–H groups in total. The Morgan fingerprint density at radius 1 is 1.23 bits per heavy atom. The molecule has 6 heteroatoms. The monoisotopic (exact) mass is 426 g/mol. The summed E-state index contributed by atoms with van der Waals surface area (Å²) in [6.07, 6.45) is 0. The molecule has 2 aromatic rings. The predicted molar refractivity (Wildman–Crippen MR) is 100 cm³/mol. The molecule has 2 aromatic carbocycles. The van der Waals surface area contributed by atoms with Gasteiger partial charge in [-0.25, -0.2) is 0 Å². The molecule has 0 heterocycles. The van der Waals surface area contributed by atoms with Gasteiger partial charge in [0.25, 0.3) is 5.91 Å². The van der Waals surface area contributed by atoms with Gasteiger partial charge in [0.05, 0.1) is 0 Å². The first-order valence-corrected chi connectivity index (χ1v) is 8.07. The predicted octanol–water partition coefficient (Wildman–Crippen LogP) is 3.49. The minimum Gasteiger partial charge on any atom is -0.484 e. The van der Waals surface area contributed by atoms with E-state index < -0.39 is 0 Å². The standard InChI is InChI=1S/C16H15IN2O2S/c1-11-3-2-4-14(9-11)21-10-15(20)19-16(22)18-13-7-5-12(17)6-8-13/h2-9H,10H2,1H3,(H2,18,19,20,22). The van der Waals surface area contributed by atoms with Gasteiger partial charge in [-0.2, -0.15) is 0 Å². The number of carbonyl (C=O) groups excluding carboxylic acids is 1. The molecule has 0 fully saturated rings. The number of amides is 1. The molecular formula is C16H15IN2O2S. The van der Waals surface area contributed by atoms with Gasteiger partial charge in [-0.15, -0.1) is 0 Å². The van der Waals surface area contributed by atoms with E-state index in [0.717, 1.165) is 14.8 Å². The molecule has 0 aromatic heterocycles. The summed E-state index contributed by atoms with van der Waals surface area (Å²) in [6, 6.07) is 15.2. The highest BCUT2D eigenvalue weighted by Crippen LogP contribution is 2.12. The number of hydrogen-bond acceptors (Lipinski definition) is 3. The molecule has 2 rings (SSSR count). The number of benzene rings is 2. The van der Waals surface area contributed by atoms with Gasteiger partial charge in [0.15, 0.2) is 11.7 Å². The first-order chi connectivity index (χ1) is 10.5. The van der Waals surface area contributed by atoms with Crippen molar-refractivity contribution in [3.63, 3.8) is 0 Å². The van der Waals surface area contributed by atoms with Crippen LogP contribution in [0.2, 0.25) is 0 Å². The summed E-state index contributed by atoms with van der Waals surface area (Å²) in [6.45, 7) is 1.88. The molecular weight excluding hydrogens is 411 g/mol. The highest BCUT2D eigenvalue weighted by molar-refractivity contribution is 14.1. The fourth-order valence-electron chi connectivity index (χ4n) is 1.71. The van der Waals surface area contributed by atoms with E-state index in [0.29, 0.717) is 5.75 Å². The Balaban J connectivity index is 1.79. The van der Waals surface area contributed by atoms with Crippen LogP contribution in [0.3, 0.4) is 0 Å². The lowest BCUT2D eigenvalue weighted by Gasteiger charge is -2.10. The summed E-state index contributed by atoms with van der Waals surface area (Å²) >= 11 is 7.32. The maximum absolute atomic E-state index is 11.8. The minimum atomic E-state index is -0.301. The number of aryl methyl sites for hydroxylation is 1. The summed E-state index contributed by atoms with van der Waals surface area (Å²) in [4.78, 5) is 11.8. The molecule has 0 saturated carbocycles. The van der Waals surface area contributed by atoms with Gasteiger partial charge in [0, 0.05) is 9.26 Å². The van der Waals surface area contributed by atoms with Crippen LogP contribution in [0.25, 0.3) is 0 Å². The zero-order valence-electron chi connectivity index (χ0n) is 11.9. The Kier molecular flexibility index (Phi) is 6.14. The van der Waals surface area contributed by atoms with Crippen molar-refractivity contribution >= 4 is 51.5 Å². The van der Waals surface area contributed by atoms with Crippen molar-refractivity contribution in [2.75, 3.05) is 11.9 Å². The Morgan fingerprint density at radius 2 is 1.95 bits per heavy atom. The molecule has 0 radical (unpaired) electrons. The van der Waals surface area contributed by atoms with Crippen LogP contribution in [0, 0.1) is 10.5 Å². The van der Waals surface area contributed by atoms with E-state index in [1.807, 2.05) is 55.5 Å². The third-order valence-electron chi connectivity index (χ3n) is 2.71. The molecule has 0 atom stereocenters. The largest absolute Gasteiger partial charge is 0.484 e. The van der Waals surface area contributed by atoms with Crippen LogP contribution in [0.5, 0.6) is 5.75 Å². The number of nitrogens with one attached hydrogen (secondary N) is 2. The molecule has 0 aliphatic rings. The summed E-state index contributed by atoms with van der Waals surface area (Å²) in [5.41, 5.74) is 1.90. The Labute approximate surface area is 148 Å². The van der Waals surface area contributed by atoms with Crippen molar-refractivity contribution < 1.29 is 9.53 Å². The lowest BCUT2D eigenvalue weighted by atomic mass is 10.2. The van der Waals surface area contributed by atoms with Crippen LogP contribution < -0.4 is 15.4 Å². The van der Waals surface area contributed by atoms with E-state index >= 15 is 0 Å². The van der Waals surface area contributed by atoms with Crippen molar-refractivity contribution in [2.45, 2.75) is 6.92 Å². The maximum atomic E-state index is 11.8. The van der Waals surface area contributed by atoms with E-state index in [4.69, 9.17) is 17.0 Å². The van der Waals surface area contributed by atoms with Crippen LogP contribution in [0.1, 0.15) is 5.56 Å². The van der Waals surface area contributed by atoms with Gasteiger partial charge in [-0.1, -0.05) is 12.1 Å². The number of halogens is 1. The molecule has 4 nitrogen and oxygen atoms in total. The number of anilines is 1. The van der Waals surface area contributed by atoms with Gasteiger partial charge in [0.1, 0.15) is 5.75 Å². The highest BCUT2D eigenvalue weighted by Gasteiger charge is 2.06. The second-order valence-corrected chi connectivity index (χ2v) is 6.27. The van der Waals surface area contributed by atoms with E-state index in [-0.39, 0.29) is 17.6 Å². The van der Waals surface area contributed by atoms with Gasteiger partial charge in [-0.3, -0.25) is 10.1 Å². The third kappa shape index (κ3) is 5.61. The molecule has 0 bridgehead atoms. The zero-order valence-corrected chi connectivity index (χ0v) is 14.9. The molecule has 0 aliphatic carbocycles. The van der Waals surface area contributed by atoms with Gasteiger partial charge in [-0.05, 0) is 83.7 Å². The first-order valence-electron chi connectivity index (χ1n) is 6.59. The van der Waals surface area contributed by atoms with Crippen LogP contribution in [-0.4, -0.2) is 17.6 Å². The van der Waals surface area contributed by atoms with E-state index in [2.05, 4.69) is 33.2 Å². The summed E-state index contributed by atoms with van der Waals surface area (Å²) < 4.78 is 6.54. The lowest BCUT2D eigenvalue weighted by Crippen LogP contribution is -2.37. The second kappa shape index (κ2) is 8.09. The molecule has 114 valence electrons. The third-order valence-corrected chi connectivity index (χ3v) is 3.64.